The van der Waals surface area contributed by atoms with Gasteiger partial charge in [-0.2, -0.15) is 0 Å². The molecule has 0 aromatic carbocycles. The fourth-order valence-corrected chi connectivity index (χ4v) is 2.20. The third-order valence-electron chi connectivity index (χ3n) is 2.65. The Labute approximate surface area is 68.4 Å². The molecule has 1 saturated carbocycles. The Kier molecular flexibility index (Phi) is 1.67. The summed E-state index contributed by atoms with van der Waals surface area (Å²) in [5.41, 5.74) is 0. The lowest BCUT2D eigenvalue weighted by Crippen LogP contribution is -2.07. The van der Waals surface area contributed by atoms with E-state index in [9.17, 15) is 0 Å². The molecule has 0 amide bonds. The second kappa shape index (κ2) is 2.54. The molecule has 0 N–H and O–H groups in total. The molecule has 11 heavy (non-hydrogen) atoms. The molecule has 0 saturated heterocycles. The van der Waals surface area contributed by atoms with Gasteiger partial charge in [0.05, 0.1) is 11.9 Å². The Bertz CT molecular complexity index is 181. The summed E-state index contributed by atoms with van der Waals surface area (Å²) in [6, 6.07) is 0. The molecule has 1 heteroatoms. The van der Waals surface area contributed by atoms with E-state index in [-0.39, 0.29) is 0 Å². The molecule has 1 nitrogen and oxygen atoms in total. The summed E-state index contributed by atoms with van der Waals surface area (Å²) in [4.78, 5) is 0. The highest BCUT2D eigenvalue weighted by Crippen LogP contribution is 2.44. The number of hydrogen-bond acceptors (Lipinski definition) is 1. The minimum Gasteiger partial charge on any atom is -0.495 e. The van der Waals surface area contributed by atoms with E-state index in [1.54, 1.807) is 0 Å². The summed E-state index contributed by atoms with van der Waals surface area (Å²) in [6.07, 6.45) is 6.83. The molecule has 2 aliphatic carbocycles. The zero-order chi connectivity index (χ0) is 7.84. The zero-order valence-electron chi connectivity index (χ0n) is 7.34. The van der Waals surface area contributed by atoms with E-state index in [1.807, 2.05) is 0 Å². The smallest absolute Gasteiger partial charge is 0.0957 e. The van der Waals surface area contributed by atoms with Gasteiger partial charge in [0.2, 0.25) is 0 Å². The number of rotatable bonds is 2. The Balaban J connectivity index is 2.00. The van der Waals surface area contributed by atoms with E-state index in [1.165, 1.54) is 25.0 Å². The van der Waals surface area contributed by atoms with Gasteiger partial charge in [-0.25, -0.2) is 0 Å². The van der Waals surface area contributed by atoms with Gasteiger partial charge in [0.1, 0.15) is 0 Å². The van der Waals surface area contributed by atoms with E-state index in [2.05, 4.69) is 19.9 Å². The van der Waals surface area contributed by atoms with Crippen LogP contribution in [0.5, 0.6) is 0 Å². The Morgan fingerprint density at radius 3 is 2.73 bits per heavy atom. The molecule has 2 atom stereocenters. The first kappa shape index (κ1) is 7.20. The molecule has 2 unspecified atom stereocenters. The third kappa shape index (κ3) is 1.29. The summed E-state index contributed by atoms with van der Waals surface area (Å²) in [5, 5.41) is 0. The first-order valence-electron chi connectivity index (χ1n) is 4.64. The van der Waals surface area contributed by atoms with Gasteiger partial charge < -0.3 is 4.74 Å². The van der Waals surface area contributed by atoms with Crippen molar-refractivity contribution in [1.82, 2.24) is 0 Å². The van der Waals surface area contributed by atoms with E-state index in [4.69, 9.17) is 4.74 Å². The molecule has 0 aromatic rings. The van der Waals surface area contributed by atoms with Crippen molar-refractivity contribution < 1.29 is 4.74 Å². The highest BCUT2D eigenvalue weighted by atomic mass is 16.5. The van der Waals surface area contributed by atoms with Gasteiger partial charge >= 0.3 is 0 Å². The molecule has 0 radical (unpaired) electrons. The van der Waals surface area contributed by atoms with Crippen LogP contribution in [0.3, 0.4) is 0 Å². The van der Waals surface area contributed by atoms with Crippen molar-refractivity contribution >= 4 is 0 Å². The second-order valence-electron chi connectivity index (χ2n) is 4.01. The first-order chi connectivity index (χ1) is 5.25. The lowest BCUT2D eigenvalue weighted by atomic mass is 10.1. The molecule has 2 bridgehead atoms. The van der Waals surface area contributed by atoms with Crippen molar-refractivity contribution in [2.45, 2.75) is 39.2 Å². The van der Waals surface area contributed by atoms with Crippen LogP contribution in [0.1, 0.15) is 33.1 Å². The predicted molar refractivity (Wildman–Crippen MR) is 45.1 cm³/mol. The van der Waals surface area contributed by atoms with Crippen LogP contribution in [0, 0.1) is 11.8 Å². The number of fused-ring (bicyclic) bond motifs is 2. The van der Waals surface area contributed by atoms with E-state index < -0.39 is 0 Å². The summed E-state index contributed by atoms with van der Waals surface area (Å²) < 4.78 is 5.71. The Hall–Kier alpha value is -0.460. The van der Waals surface area contributed by atoms with Crippen LogP contribution in [0.4, 0.5) is 0 Å². The number of ether oxygens (including phenoxy) is 1. The summed E-state index contributed by atoms with van der Waals surface area (Å²) in [7, 11) is 0. The van der Waals surface area contributed by atoms with E-state index >= 15 is 0 Å². The standard InChI is InChI=1S/C10H16O/c1-7(2)11-10-6-8-3-4-9(10)5-8/h6-9H,3-5H2,1-2H3. The maximum atomic E-state index is 5.71. The minimum absolute atomic E-state index is 0.362. The van der Waals surface area contributed by atoms with Crippen molar-refractivity contribution in [1.29, 1.82) is 0 Å². The quantitative estimate of drug-likeness (QED) is 0.591. The molecule has 2 rings (SSSR count). The molecule has 1 fully saturated rings. The molecule has 0 heterocycles. The van der Waals surface area contributed by atoms with Gasteiger partial charge in [-0.3, -0.25) is 0 Å². The Morgan fingerprint density at radius 2 is 2.27 bits per heavy atom. The van der Waals surface area contributed by atoms with Crippen molar-refractivity contribution in [3.05, 3.63) is 11.8 Å². The molecule has 0 spiro atoms. The van der Waals surface area contributed by atoms with Crippen LogP contribution in [-0.2, 0) is 4.74 Å². The van der Waals surface area contributed by atoms with E-state index in [0.29, 0.717) is 6.10 Å². The summed E-state index contributed by atoms with van der Waals surface area (Å²) >= 11 is 0. The van der Waals surface area contributed by atoms with Crippen LogP contribution in [0.2, 0.25) is 0 Å². The lowest BCUT2D eigenvalue weighted by molar-refractivity contribution is 0.123. The molecular formula is C10H16O. The molecule has 62 valence electrons. The summed E-state index contributed by atoms with van der Waals surface area (Å²) in [5.74, 6) is 2.92. The van der Waals surface area contributed by atoms with Gasteiger partial charge in [-0.15, -0.1) is 0 Å². The lowest BCUT2D eigenvalue weighted by Gasteiger charge is -2.17. The molecule has 0 aliphatic heterocycles. The monoisotopic (exact) mass is 152 g/mol. The second-order valence-corrected chi connectivity index (χ2v) is 4.01. The average Bonchev–Trinajstić information content (AvgIpc) is 2.45. The largest absolute Gasteiger partial charge is 0.495 e. The van der Waals surface area contributed by atoms with Gasteiger partial charge in [-0.05, 0) is 45.1 Å². The minimum atomic E-state index is 0.362. The molecule has 2 aliphatic rings. The predicted octanol–water partition coefficient (Wildman–Crippen LogP) is 2.73. The maximum Gasteiger partial charge on any atom is 0.0957 e. The van der Waals surface area contributed by atoms with Crippen LogP contribution in [0.25, 0.3) is 0 Å². The number of allylic oxidation sites excluding steroid dienone is 2. The van der Waals surface area contributed by atoms with Crippen molar-refractivity contribution in [2.75, 3.05) is 0 Å². The highest BCUT2D eigenvalue weighted by molar-refractivity contribution is 5.14. The normalized spacial score (nSPS) is 34.6. The average molecular weight is 152 g/mol. The fourth-order valence-electron chi connectivity index (χ4n) is 2.20. The van der Waals surface area contributed by atoms with Crippen LogP contribution in [-0.4, -0.2) is 6.10 Å². The maximum absolute atomic E-state index is 5.71. The van der Waals surface area contributed by atoms with Gasteiger partial charge in [0.15, 0.2) is 0 Å². The van der Waals surface area contributed by atoms with E-state index in [0.717, 1.165) is 11.8 Å². The number of hydrogen-bond donors (Lipinski definition) is 0. The Morgan fingerprint density at radius 1 is 1.45 bits per heavy atom. The fraction of sp³-hybridized carbons (Fsp3) is 0.800. The topological polar surface area (TPSA) is 9.23 Å². The van der Waals surface area contributed by atoms with Crippen LogP contribution in [0.15, 0.2) is 11.8 Å². The van der Waals surface area contributed by atoms with Gasteiger partial charge in [0.25, 0.3) is 0 Å². The summed E-state index contributed by atoms with van der Waals surface area (Å²) in [6.45, 7) is 4.21. The highest BCUT2D eigenvalue weighted by Gasteiger charge is 2.34. The first-order valence-corrected chi connectivity index (χ1v) is 4.64. The zero-order valence-corrected chi connectivity index (χ0v) is 7.34. The van der Waals surface area contributed by atoms with Crippen molar-refractivity contribution in [3.8, 4) is 0 Å². The third-order valence-corrected chi connectivity index (χ3v) is 2.65. The molecule has 0 aromatic heterocycles. The van der Waals surface area contributed by atoms with Crippen molar-refractivity contribution in [3.63, 3.8) is 0 Å². The SMILES string of the molecule is CC(C)OC1=CC2CCC1C2. The van der Waals surface area contributed by atoms with Crippen LogP contribution < -0.4 is 0 Å². The van der Waals surface area contributed by atoms with Crippen molar-refractivity contribution in [2.24, 2.45) is 11.8 Å². The van der Waals surface area contributed by atoms with Crippen LogP contribution >= 0.6 is 0 Å². The molecular weight excluding hydrogens is 136 g/mol. The van der Waals surface area contributed by atoms with Gasteiger partial charge in [0, 0.05) is 5.92 Å². The van der Waals surface area contributed by atoms with Gasteiger partial charge in [-0.1, -0.05) is 0 Å².